The van der Waals surface area contributed by atoms with Crippen molar-refractivity contribution in [3.63, 3.8) is 0 Å². The smallest absolute Gasteiger partial charge is 0.138 e. The van der Waals surface area contributed by atoms with Gasteiger partial charge in [-0.15, -0.1) is 11.3 Å². The molecule has 0 spiro atoms. The Morgan fingerprint density at radius 3 is 2.86 bits per heavy atom. The Morgan fingerprint density at radius 2 is 2.24 bits per heavy atom. The molecule has 2 aromatic rings. The van der Waals surface area contributed by atoms with Crippen LogP contribution in [-0.2, 0) is 6.61 Å². The van der Waals surface area contributed by atoms with E-state index in [9.17, 15) is 0 Å². The molecule has 0 fully saturated rings. The highest BCUT2D eigenvalue weighted by Gasteiger charge is 2.09. The number of hydrogen-bond acceptors (Lipinski definition) is 4. The van der Waals surface area contributed by atoms with Crippen LogP contribution in [0.3, 0.4) is 0 Å². The van der Waals surface area contributed by atoms with Crippen LogP contribution in [0.1, 0.15) is 41.8 Å². The molecule has 1 aromatic carbocycles. The number of nitrogens with one attached hydrogen (secondary N) is 1. The largest absolute Gasteiger partial charge is 0.486 e. The van der Waals surface area contributed by atoms with Gasteiger partial charge in [0.25, 0.3) is 0 Å². The van der Waals surface area contributed by atoms with Crippen molar-refractivity contribution in [1.29, 1.82) is 0 Å². The Balaban J connectivity index is 1.98. The van der Waals surface area contributed by atoms with E-state index in [0.717, 1.165) is 22.9 Å². The van der Waals surface area contributed by atoms with Gasteiger partial charge >= 0.3 is 0 Å². The van der Waals surface area contributed by atoms with Crippen molar-refractivity contribution in [1.82, 2.24) is 10.3 Å². The van der Waals surface area contributed by atoms with Crippen LogP contribution in [0.15, 0.2) is 24.4 Å². The molecule has 0 aliphatic carbocycles. The predicted molar refractivity (Wildman–Crippen MR) is 89.3 cm³/mol. The van der Waals surface area contributed by atoms with Crippen LogP contribution < -0.4 is 10.1 Å². The van der Waals surface area contributed by atoms with Gasteiger partial charge in [-0.3, -0.25) is 0 Å². The minimum atomic E-state index is 0.292. The first-order chi connectivity index (χ1) is 10.1. The normalized spacial score (nSPS) is 12.4. The van der Waals surface area contributed by atoms with Crippen LogP contribution in [0.5, 0.6) is 5.75 Å². The van der Waals surface area contributed by atoms with Crippen molar-refractivity contribution in [2.75, 3.05) is 6.54 Å². The lowest BCUT2D eigenvalue weighted by atomic mass is 10.1. The fraction of sp³-hybridized carbons (Fsp3) is 0.438. The number of nitrogens with zero attached hydrogens (tertiary/aromatic N) is 1. The summed E-state index contributed by atoms with van der Waals surface area (Å²) in [4.78, 5) is 5.32. The van der Waals surface area contributed by atoms with Gasteiger partial charge < -0.3 is 10.1 Å². The van der Waals surface area contributed by atoms with Gasteiger partial charge in [-0.2, -0.15) is 0 Å². The van der Waals surface area contributed by atoms with Crippen molar-refractivity contribution in [2.45, 2.75) is 39.8 Å². The van der Waals surface area contributed by atoms with Crippen LogP contribution in [0.2, 0.25) is 5.02 Å². The van der Waals surface area contributed by atoms with Gasteiger partial charge in [0.05, 0.1) is 14.9 Å². The van der Waals surface area contributed by atoms with Crippen molar-refractivity contribution >= 4 is 22.9 Å². The molecule has 1 unspecified atom stereocenters. The van der Waals surface area contributed by atoms with Crippen LogP contribution in [-0.4, -0.2) is 11.5 Å². The fourth-order valence-electron chi connectivity index (χ4n) is 2.00. The number of aryl methyl sites for hydroxylation is 1. The predicted octanol–water partition coefficient (Wildman–Crippen LogP) is 4.74. The molecule has 1 N–H and O–H groups in total. The van der Waals surface area contributed by atoms with E-state index < -0.39 is 0 Å². The third-order valence-electron chi connectivity index (χ3n) is 3.20. The van der Waals surface area contributed by atoms with E-state index in [4.69, 9.17) is 16.3 Å². The van der Waals surface area contributed by atoms with E-state index in [1.54, 1.807) is 11.3 Å². The molecular formula is C16H21ClN2OS. The molecule has 1 atom stereocenters. The lowest BCUT2D eigenvalue weighted by Crippen LogP contribution is -2.19. The zero-order valence-electron chi connectivity index (χ0n) is 12.6. The second kappa shape index (κ2) is 7.78. The Hall–Kier alpha value is -1.10. The van der Waals surface area contributed by atoms with Gasteiger partial charge in [0.2, 0.25) is 0 Å². The fourth-order valence-corrected chi connectivity index (χ4v) is 2.95. The van der Waals surface area contributed by atoms with Gasteiger partial charge in [-0.25, -0.2) is 4.98 Å². The van der Waals surface area contributed by atoms with E-state index >= 15 is 0 Å². The number of thiazole rings is 1. The van der Waals surface area contributed by atoms with E-state index in [0.29, 0.717) is 23.4 Å². The van der Waals surface area contributed by atoms with Crippen molar-refractivity contribution in [3.05, 3.63) is 44.9 Å². The second-order valence-electron chi connectivity index (χ2n) is 5.00. The lowest BCUT2D eigenvalue weighted by Gasteiger charge is -2.15. The molecule has 21 heavy (non-hydrogen) atoms. The average Bonchev–Trinajstić information content (AvgIpc) is 2.89. The maximum atomic E-state index is 6.31. The Labute approximate surface area is 135 Å². The molecule has 1 heterocycles. The van der Waals surface area contributed by atoms with Crippen molar-refractivity contribution < 1.29 is 4.74 Å². The maximum Gasteiger partial charge on any atom is 0.138 e. The summed E-state index contributed by atoms with van der Waals surface area (Å²) in [5, 5.41) is 5.15. The highest BCUT2D eigenvalue weighted by Crippen LogP contribution is 2.29. The zero-order valence-corrected chi connectivity index (χ0v) is 14.2. The van der Waals surface area contributed by atoms with Crippen molar-refractivity contribution in [3.8, 4) is 5.75 Å². The molecule has 0 aliphatic rings. The first kappa shape index (κ1) is 16.3. The summed E-state index contributed by atoms with van der Waals surface area (Å²) in [5.74, 6) is 0.717. The summed E-state index contributed by atoms with van der Waals surface area (Å²) < 4.78 is 5.77. The highest BCUT2D eigenvalue weighted by atomic mass is 35.5. The average molecular weight is 325 g/mol. The molecule has 0 aliphatic heterocycles. The molecule has 0 radical (unpaired) electrons. The number of aromatic nitrogens is 1. The summed E-state index contributed by atoms with van der Waals surface area (Å²) in [5.41, 5.74) is 1.18. The number of ether oxygens (including phenoxy) is 1. The molecule has 0 bridgehead atoms. The summed E-state index contributed by atoms with van der Waals surface area (Å²) in [6, 6.07) is 6.27. The molecule has 114 valence electrons. The summed E-state index contributed by atoms with van der Waals surface area (Å²) in [7, 11) is 0. The van der Waals surface area contributed by atoms with Crippen molar-refractivity contribution in [2.24, 2.45) is 0 Å². The minimum Gasteiger partial charge on any atom is -0.486 e. The minimum absolute atomic E-state index is 0.292. The quantitative estimate of drug-likeness (QED) is 0.798. The van der Waals surface area contributed by atoms with E-state index in [-0.39, 0.29) is 0 Å². The van der Waals surface area contributed by atoms with Crippen LogP contribution in [0.4, 0.5) is 0 Å². The van der Waals surface area contributed by atoms with Gasteiger partial charge in [-0.1, -0.05) is 24.6 Å². The zero-order chi connectivity index (χ0) is 15.2. The number of halogens is 1. The molecule has 3 nitrogen and oxygen atoms in total. The first-order valence-electron chi connectivity index (χ1n) is 7.17. The molecule has 0 amide bonds. The van der Waals surface area contributed by atoms with Gasteiger partial charge in [0.1, 0.15) is 12.4 Å². The summed E-state index contributed by atoms with van der Waals surface area (Å²) in [6.45, 7) is 7.79. The van der Waals surface area contributed by atoms with Crippen LogP contribution in [0, 0.1) is 6.92 Å². The van der Waals surface area contributed by atoms with Gasteiger partial charge in [0.15, 0.2) is 0 Å². The summed E-state index contributed by atoms with van der Waals surface area (Å²) >= 11 is 7.95. The molecule has 5 heteroatoms. The topological polar surface area (TPSA) is 34.1 Å². The lowest BCUT2D eigenvalue weighted by molar-refractivity contribution is 0.309. The molecular weight excluding hydrogens is 304 g/mol. The number of benzene rings is 1. The van der Waals surface area contributed by atoms with E-state index in [2.05, 4.69) is 30.2 Å². The second-order valence-corrected chi connectivity index (χ2v) is 6.73. The van der Waals surface area contributed by atoms with Crippen LogP contribution >= 0.6 is 22.9 Å². The van der Waals surface area contributed by atoms with Gasteiger partial charge in [-0.05, 0) is 44.5 Å². The molecule has 0 saturated carbocycles. The standard InChI is InChI=1S/C16H21ClN2OS/c1-4-7-18-11(2)13-5-6-16(15(17)8-13)20-10-14-9-19-12(3)21-14/h5-6,8-9,11,18H,4,7,10H2,1-3H3. The van der Waals surface area contributed by atoms with Crippen LogP contribution in [0.25, 0.3) is 0 Å². The third-order valence-corrected chi connectivity index (χ3v) is 4.38. The maximum absolute atomic E-state index is 6.31. The Morgan fingerprint density at radius 1 is 1.43 bits per heavy atom. The molecule has 0 saturated heterocycles. The van der Waals surface area contributed by atoms with E-state index in [1.165, 1.54) is 5.56 Å². The van der Waals surface area contributed by atoms with Gasteiger partial charge in [0, 0.05) is 12.2 Å². The SMILES string of the molecule is CCCNC(C)c1ccc(OCc2cnc(C)s2)c(Cl)c1. The number of rotatable bonds is 7. The Bertz CT molecular complexity index is 585. The van der Waals surface area contributed by atoms with E-state index in [1.807, 2.05) is 25.3 Å². The first-order valence-corrected chi connectivity index (χ1v) is 8.36. The monoisotopic (exact) mass is 324 g/mol. The molecule has 2 rings (SSSR count). The number of hydrogen-bond donors (Lipinski definition) is 1. The molecule has 1 aromatic heterocycles. The Kier molecular flexibility index (Phi) is 6.03. The summed E-state index contributed by atoms with van der Waals surface area (Å²) in [6.07, 6.45) is 2.96. The highest BCUT2D eigenvalue weighted by molar-refractivity contribution is 7.11. The third kappa shape index (κ3) is 4.70.